The number of hydrogen-bond acceptors (Lipinski definition) is 4. The topological polar surface area (TPSA) is 59.2 Å². The van der Waals surface area contributed by atoms with Gasteiger partial charge in [0.2, 0.25) is 0 Å². The molecule has 1 aliphatic rings. The maximum Gasteiger partial charge on any atom is 0.162 e. The van der Waals surface area contributed by atoms with E-state index in [2.05, 4.69) is 22.4 Å². The minimum absolute atomic E-state index is 0.591. The monoisotopic (exact) mass is 259 g/mol. The molecule has 0 amide bonds. The number of hydrogen-bond donors (Lipinski definition) is 2. The number of aryl methyl sites for hydroxylation is 2. The second kappa shape index (κ2) is 4.50. The summed E-state index contributed by atoms with van der Waals surface area (Å²) in [6, 6.07) is 4.01. The summed E-state index contributed by atoms with van der Waals surface area (Å²) in [7, 11) is 1.90. The van der Waals surface area contributed by atoms with Crippen LogP contribution in [-0.4, -0.2) is 30.5 Å². The molecule has 0 spiro atoms. The van der Waals surface area contributed by atoms with E-state index in [9.17, 15) is 0 Å². The summed E-state index contributed by atoms with van der Waals surface area (Å²) >= 11 is 0. The van der Waals surface area contributed by atoms with Gasteiger partial charge in [-0.25, -0.2) is 0 Å². The van der Waals surface area contributed by atoms with Gasteiger partial charge >= 0.3 is 0 Å². The Balaban J connectivity index is 2.14. The van der Waals surface area contributed by atoms with Crippen LogP contribution in [0.15, 0.2) is 12.1 Å². The molecule has 0 aliphatic carbocycles. The number of fused-ring (bicyclic) bond motifs is 1. The lowest BCUT2D eigenvalue weighted by Gasteiger charge is -2.20. The number of aromatic amines is 1. The molecular weight excluding hydrogens is 242 g/mol. The smallest absolute Gasteiger partial charge is 0.162 e. The van der Waals surface area contributed by atoms with Gasteiger partial charge in [-0.3, -0.25) is 5.10 Å². The Labute approximate surface area is 111 Å². The summed E-state index contributed by atoms with van der Waals surface area (Å²) in [6.45, 7) is 5.25. The Morgan fingerprint density at radius 3 is 2.53 bits per heavy atom. The highest BCUT2D eigenvalue weighted by Gasteiger charge is 2.18. The van der Waals surface area contributed by atoms with Gasteiger partial charge in [0.05, 0.1) is 11.4 Å². The van der Waals surface area contributed by atoms with Gasteiger partial charge in [0.25, 0.3) is 0 Å². The molecule has 0 saturated carbocycles. The lowest BCUT2D eigenvalue weighted by molar-refractivity contribution is 0.171. The summed E-state index contributed by atoms with van der Waals surface area (Å²) in [5.41, 5.74) is 5.12. The van der Waals surface area contributed by atoms with Crippen LogP contribution in [0.3, 0.4) is 0 Å². The van der Waals surface area contributed by atoms with Gasteiger partial charge in [0, 0.05) is 12.6 Å². The van der Waals surface area contributed by atoms with E-state index in [0.29, 0.717) is 13.2 Å². The third-order valence-corrected chi connectivity index (χ3v) is 3.34. The van der Waals surface area contributed by atoms with Crippen molar-refractivity contribution in [3.63, 3.8) is 0 Å². The third-order valence-electron chi connectivity index (χ3n) is 3.34. The van der Waals surface area contributed by atoms with Gasteiger partial charge in [-0.05, 0) is 31.5 Å². The zero-order valence-electron chi connectivity index (χ0n) is 11.3. The number of anilines is 1. The highest BCUT2D eigenvalue weighted by atomic mass is 16.6. The zero-order valence-corrected chi connectivity index (χ0v) is 11.3. The van der Waals surface area contributed by atoms with Crippen molar-refractivity contribution in [1.29, 1.82) is 0 Å². The van der Waals surface area contributed by atoms with E-state index in [1.807, 2.05) is 26.1 Å². The predicted octanol–water partition coefficient (Wildman–Crippen LogP) is 2.51. The number of ether oxygens (including phenoxy) is 2. The third kappa shape index (κ3) is 1.91. The number of aromatic nitrogens is 2. The molecule has 0 saturated heterocycles. The first kappa shape index (κ1) is 11.9. The van der Waals surface area contributed by atoms with Crippen LogP contribution >= 0.6 is 0 Å². The Hall–Kier alpha value is -2.17. The van der Waals surface area contributed by atoms with Crippen LogP contribution in [0.25, 0.3) is 11.3 Å². The van der Waals surface area contributed by atoms with Gasteiger partial charge in [-0.15, -0.1) is 0 Å². The summed E-state index contributed by atoms with van der Waals surface area (Å²) in [5, 5.41) is 10.6. The summed E-state index contributed by atoms with van der Waals surface area (Å²) < 4.78 is 11.2. The number of benzene rings is 1. The van der Waals surface area contributed by atoms with Gasteiger partial charge in [-0.2, -0.15) is 5.10 Å². The molecule has 2 aromatic rings. The van der Waals surface area contributed by atoms with E-state index in [-0.39, 0.29) is 0 Å². The number of nitrogens with one attached hydrogen (secondary N) is 2. The fourth-order valence-electron chi connectivity index (χ4n) is 2.38. The Kier molecular flexibility index (Phi) is 2.81. The number of H-pyrrole nitrogens is 1. The first-order valence-corrected chi connectivity index (χ1v) is 6.34. The first-order chi connectivity index (χ1) is 9.20. The lowest BCUT2D eigenvalue weighted by Crippen LogP contribution is -2.15. The molecule has 19 heavy (non-hydrogen) atoms. The second-order valence-electron chi connectivity index (χ2n) is 4.63. The van der Waals surface area contributed by atoms with Crippen LogP contribution in [-0.2, 0) is 0 Å². The van der Waals surface area contributed by atoms with Crippen LogP contribution in [0.2, 0.25) is 0 Å². The number of rotatable bonds is 2. The molecule has 3 rings (SSSR count). The molecule has 100 valence electrons. The minimum Gasteiger partial charge on any atom is -0.486 e. The van der Waals surface area contributed by atoms with E-state index in [1.165, 1.54) is 0 Å². The van der Waals surface area contributed by atoms with E-state index in [4.69, 9.17) is 9.47 Å². The molecule has 1 aliphatic heterocycles. The SMILES string of the molecule is CNc1c(-c2cc3c(cc2C)OCCO3)n[nH]c1C. The molecule has 2 N–H and O–H groups in total. The van der Waals surface area contributed by atoms with Crippen LogP contribution in [0, 0.1) is 13.8 Å². The van der Waals surface area contributed by atoms with Crippen LogP contribution < -0.4 is 14.8 Å². The standard InChI is InChI=1S/C14H17N3O2/c1-8-6-11-12(19-5-4-18-11)7-10(8)14-13(15-3)9(2)16-17-14/h6-7,15H,4-5H2,1-3H3,(H,16,17). The van der Waals surface area contributed by atoms with Crippen LogP contribution in [0.5, 0.6) is 11.5 Å². The van der Waals surface area contributed by atoms with Crippen molar-refractivity contribution in [2.75, 3.05) is 25.6 Å². The summed E-state index contributed by atoms with van der Waals surface area (Å²) in [4.78, 5) is 0. The largest absolute Gasteiger partial charge is 0.486 e. The van der Waals surface area contributed by atoms with E-state index in [0.717, 1.165) is 39.7 Å². The molecule has 0 fully saturated rings. The van der Waals surface area contributed by atoms with Crippen molar-refractivity contribution < 1.29 is 9.47 Å². The first-order valence-electron chi connectivity index (χ1n) is 6.34. The highest BCUT2D eigenvalue weighted by Crippen LogP contribution is 2.39. The molecular formula is C14H17N3O2. The number of nitrogens with zero attached hydrogens (tertiary/aromatic N) is 1. The molecule has 5 heteroatoms. The Morgan fingerprint density at radius 1 is 1.16 bits per heavy atom. The minimum atomic E-state index is 0.591. The quantitative estimate of drug-likeness (QED) is 0.870. The van der Waals surface area contributed by atoms with Gasteiger partial charge in [0.1, 0.15) is 18.9 Å². The van der Waals surface area contributed by atoms with Crippen molar-refractivity contribution in [3.05, 3.63) is 23.4 Å². The Morgan fingerprint density at radius 2 is 1.84 bits per heavy atom. The van der Waals surface area contributed by atoms with Crippen molar-refractivity contribution in [2.45, 2.75) is 13.8 Å². The Bertz CT molecular complexity index is 619. The zero-order chi connectivity index (χ0) is 13.4. The molecule has 0 bridgehead atoms. The summed E-state index contributed by atoms with van der Waals surface area (Å²) in [6.07, 6.45) is 0. The fraction of sp³-hybridized carbons (Fsp3) is 0.357. The molecule has 1 aromatic heterocycles. The average molecular weight is 259 g/mol. The average Bonchev–Trinajstić information content (AvgIpc) is 2.78. The van der Waals surface area contributed by atoms with Crippen molar-refractivity contribution in [2.24, 2.45) is 0 Å². The highest BCUT2D eigenvalue weighted by molar-refractivity contribution is 5.79. The fourth-order valence-corrected chi connectivity index (χ4v) is 2.38. The van der Waals surface area contributed by atoms with E-state index >= 15 is 0 Å². The van der Waals surface area contributed by atoms with E-state index in [1.54, 1.807) is 0 Å². The molecule has 2 heterocycles. The maximum atomic E-state index is 5.64. The van der Waals surface area contributed by atoms with Crippen LogP contribution in [0.1, 0.15) is 11.3 Å². The summed E-state index contributed by atoms with van der Waals surface area (Å²) in [5.74, 6) is 1.60. The van der Waals surface area contributed by atoms with Crippen molar-refractivity contribution in [1.82, 2.24) is 10.2 Å². The molecule has 0 atom stereocenters. The molecule has 5 nitrogen and oxygen atoms in total. The van der Waals surface area contributed by atoms with Crippen LogP contribution in [0.4, 0.5) is 5.69 Å². The second-order valence-corrected chi connectivity index (χ2v) is 4.63. The van der Waals surface area contributed by atoms with Gasteiger partial charge in [-0.1, -0.05) is 0 Å². The maximum absolute atomic E-state index is 5.64. The molecule has 1 aromatic carbocycles. The van der Waals surface area contributed by atoms with Crippen molar-refractivity contribution in [3.8, 4) is 22.8 Å². The van der Waals surface area contributed by atoms with Gasteiger partial charge in [0.15, 0.2) is 11.5 Å². The lowest BCUT2D eigenvalue weighted by atomic mass is 10.0. The normalized spacial score (nSPS) is 13.4. The van der Waals surface area contributed by atoms with E-state index < -0.39 is 0 Å². The molecule has 0 unspecified atom stereocenters. The van der Waals surface area contributed by atoms with Gasteiger partial charge < -0.3 is 14.8 Å². The van der Waals surface area contributed by atoms with Crippen molar-refractivity contribution >= 4 is 5.69 Å². The predicted molar refractivity (Wildman–Crippen MR) is 74.0 cm³/mol. The molecule has 0 radical (unpaired) electrons.